The summed E-state index contributed by atoms with van der Waals surface area (Å²) in [5, 5.41) is 0. The van der Waals surface area contributed by atoms with Gasteiger partial charge in [-0.15, -0.1) is 12.4 Å². The summed E-state index contributed by atoms with van der Waals surface area (Å²) in [6, 6.07) is 4.09. The maximum atomic E-state index is 12.4. The Hall–Kier alpha value is -1.20. The van der Waals surface area contributed by atoms with Crippen LogP contribution in [-0.4, -0.2) is 60.6 Å². The summed E-state index contributed by atoms with van der Waals surface area (Å²) in [6.45, 7) is 2.64. The molecule has 2 rings (SSSR count). The first-order valence-corrected chi connectivity index (χ1v) is 10.9. The molecule has 0 aliphatic carbocycles. The molecule has 8 nitrogen and oxygen atoms in total. The van der Waals surface area contributed by atoms with Gasteiger partial charge in [0.15, 0.2) is 0 Å². The number of aryl methyl sites for hydroxylation is 1. The van der Waals surface area contributed by atoms with Gasteiger partial charge in [-0.1, -0.05) is 0 Å². The summed E-state index contributed by atoms with van der Waals surface area (Å²) in [5.74, 6) is -0.727. The molecule has 0 spiro atoms. The molecule has 1 saturated heterocycles. The Bertz CT molecular complexity index is 869. The molecule has 0 radical (unpaired) electrons. The van der Waals surface area contributed by atoms with E-state index in [1.54, 1.807) is 6.92 Å². The fourth-order valence-electron chi connectivity index (χ4n) is 2.61. The summed E-state index contributed by atoms with van der Waals surface area (Å²) in [5.41, 5.74) is 0.555. The van der Waals surface area contributed by atoms with Crippen molar-refractivity contribution in [3.63, 3.8) is 0 Å². The molecule has 1 aromatic rings. The summed E-state index contributed by atoms with van der Waals surface area (Å²) < 4.78 is 52.0. The quantitative estimate of drug-likeness (QED) is 0.645. The zero-order valence-corrected chi connectivity index (χ0v) is 17.4. The van der Waals surface area contributed by atoms with Gasteiger partial charge in [0.1, 0.15) is 0 Å². The average Bonchev–Trinajstić information content (AvgIpc) is 2.76. The lowest BCUT2D eigenvalue weighted by Gasteiger charge is -2.17. The second-order valence-corrected chi connectivity index (χ2v) is 9.90. The number of benzene rings is 1. The van der Waals surface area contributed by atoms with Crippen molar-refractivity contribution in [2.75, 3.05) is 37.2 Å². The Labute approximate surface area is 161 Å². The van der Waals surface area contributed by atoms with Crippen LogP contribution in [0.5, 0.6) is 0 Å². The van der Waals surface area contributed by atoms with E-state index in [2.05, 4.69) is 4.72 Å². The van der Waals surface area contributed by atoms with Crippen LogP contribution in [0.25, 0.3) is 0 Å². The van der Waals surface area contributed by atoms with Crippen LogP contribution in [-0.2, 0) is 24.8 Å². The molecule has 11 heteroatoms. The molecule has 1 fully saturated rings. The molecule has 1 aromatic carbocycles. The highest BCUT2D eigenvalue weighted by molar-refractivity contribution is 7.94. The summed E-state index contributed by atoms with van der Waals surface area (Å²) in [6.07, 6.45) is 0.610. The van der Waals surface area contributed by atoms with Crippen molar-refractivity contribution < 1.29 is 21.6 Å². The number of hydrogen-bond acceptors (Lipinski definition) is 6. The maximum Gasteiger partial charge on any atom is 0.242 e. The van der Waals surface area contributed by atoms with E-state index in [-0.39, 0.29) is 35.2 Å². The monoisotopic (exact) mass is 425 g/mol. The third-order valence-electron chi connectivity index (χ3n) is 3.84. The minimum atomic E-state index is -3.69. The number of rotatable bonds is 7. The van der Waals surface area contributed by atoms with Crippen molar-refractivity contribution in [2.24, 2.45) is 0 Å². The van der Waals surface area contributed by atoms with Crippen LogP contribution in [0.15, 0.2) is 23.1 Å². The summed E-state index contributed by atoms with van der Waals surface area (Å²) in [4.78, 5) is 13.9. The highest BCUT2D eigenvalue weighted by Crippen LogP contribution is 2.28. The van der Waals surface area contributed by atoms with Gasteiger partial charge in [-0.25, -0.2) is 25.9 Å². The fourth-order valence-corrected chi connectivity index (χ4v) is 5.36. The molecule has 0 saturated carbocycles. The Morgan fingerprint density at radius 3 is 2.42 bits per heavy atom. The number of sulfonamides is 2. The molecule has 0 aromatic heterocycles. The van der Waals surface area contributed by atoms with Crippen molar-refractivity contribution in [3.05, 3.63) is 23.8 Å². The van der Waals surface area contributed by atoms with E-state index >= 15 is 0 Å². The minimum Gasteiger partial charge on any atom is -0.309 e. The number of amides is 1. The van der Waals surface area contributed by atoms with Gasteiger partial charge in [0.2, 0.25) is 26.0 Å². The van der Waals surface area contributed by atoms with Crippen LogP contribution in [0.2, 0.25) is 0 Å². The van der Waals surface area contributed by atoms with Gasteiger partial charge < -0.3 is 4.90 Å². The van der Waals surface area contributed by atoms with Crippen molar-refractivity contribution in [2.45, 2.75) is 24.7 Å². The predicted octanol–water partition coefficient (Wildman–Crippen LogP) is 0.713. The second kappa shape index (κ2) is 8.66. The third-order valence-corrected chi connectivity index (χ3v) is 7.15. The van der Waals surface area contributed by atoms with Gasteiger partial charge in [0.25, 0.3) is 0 Å². The number of nitrogens with zero attached hydrogens (tertiary/aromatic N) is 2. The number of halogens is 1. The van der Waals surface area contributed by atoms with E-state index in [0.717, 1.165) is 10.8 Å². The van der Waals surface area contributed by atoms with Crippen molar-refractivity contribution in [1.29, 1.82) is 0 Å². The van der Waals surface area contributed by atoms with E-state index in [9.17, 15) is 21.6 Å². The second-order valence-electron chi connectivity index (χ2n) is 6.23. The molecule has 1 aliphatic rings. The lowest BCUT2D eigenvalue weighted by molar-refractivity contribution is -0.116. The zero-order valence-electron chi connectivity index (χ0n) is 14.9. The Morgan fingerprint density at radius 2 is 1.92 bits per heavy atom. The summed E-state index contributed by atoms with van der Waals surface area (Å²) in [7, 11) is -3.54. The van der Waals surface area contributed by atoms with E-state index in [0.29, 0.717) is 18.5 Å². The Morgan fingerprint density at radius 1 is 1.27 bits per heavy atom. The van der Waals surface area contributed by atoms with E-state index in [4.69, 9.17) is 0 Å². The number of anilines is 1. The molecule has 26 heavy (non-hydrogen) atoms. The highest BCUT2D eigenvalue weighted by Gasteiger charge is 2.36. The van der Waals surface area contributed by atoms with Gasteiger partial charge in [0, 0.05) is 13.0 Å². The van der Waals surface area contributed by atoms with Crippen LogP contribution in [0.1, 0.15) is 18.4 Å². The van der Waals surface area contributed by atoms with Crippen molar-refractivity contribution >= 4 is 44.0 Å². The van der Waals surface area contributed by atoms with E-state index in [1.165, 1.54) is 18.2 Å². The van der Waals surface area contributed by atoms with Crippen molar-refractivity contribution in [1.82, 2.24) is 9.62 Å². The van der Waals surface area contributed by atoms with E-state index in [1.807, 2.05) is 19.0 Å². The normalized spacial score (nSPS) is 16.8. The first kappa shape index (κ1) is 22.8. The van der Waals surface area contributed by atoms with E-state index < -0.39 is 26.0 Å². The largest absolute Gasteiger partial charge is 0.309 e. The number of carbonyl (C=O) groups is 1. The summed E-state index contributed by atoms with van der Waals surface area (Å²) >= 11 is 0. The molecule has 0 unspecified atom stereocenters. The third kappa shape index (κ3) is 5.17. The Kier molecular flexibility index (Phi) is 7.61. The molecule has 1 amide bonds. The molecule has 1 N–H and O–H groups in total. The van der Waals surface area contributed by atoms with Gasteiger partial charge in [-0.05, 0) is 57.7 Å². The van der Waals surface area contributed by atoms with Crippen LogP contribution in [0.3, 0.4) is 0 Å². The van der Waals surface area contributed by atoms with Gasteiger partial charge in [-0.3, -0.25) is 4.79 Å². The predicted molar refractivity (Wildman–Crippen MR) is 103 cm³/mol. The lowest BCUT2D eigenvalue weighted by atomic mass is 10.2. The first-order valence-electron chi connectivity index (χ1n) is 7.85. The topological polar surface area (TPSA) is 104 Å². The lowest BCUT2D eigenvalue weighted by Crippen LogP contribution is -2.30. The molecular weight excluding hydrogens is 402 g/mol. The van der Waals surface area contributed by atoms with Crippen molar-refractivity contribution in [3.8, 4) is 0 Å². The standard InChI is InChI=1S/C15H23N3O5S2.ClH/c1-12-11-13(18-15(19)7-10-24(18,20)21)5-6-14(12)25(22,23)16-8-4-9-17(2)3;/h5-6,11,16H,4,7-10H2,1-3H3;1H. The van der Waals surface area contributed by atoms with Gasteiger partial charge in [-0.2, -0.15) is 0 Å². The van der Waals surface area contributed by atoms with Crippen LogP contribution >= 0.6 is 12.4 Å². The molecule has 1 heterocycles. The fraction of sp³-hybridized carbons (Fsp3) is 0.533. The number of nitrogens with one attached hydrogen (secondary N) is 1. The first-order chi connectivity index (χ1) is 11.5. The highest BCUT2D eigenvalue weighted by atomic mass is 35.5. The van der Waals surface area contributed by atoms with Crippen LogP contribution in [0.4, 0.5) is 5.69 Å². The maximum absolute atomic E-state index is 12.4. The Balaban J connectivity index is 0.00000338. The van der Waals surface area contributed by atoms with Gasteiger partial charge >= 0.3 is 0 Å². The zero-order chi connectivity index (χ0) is 18.8. The molecule has 0 bridgehead atoms. The van der Waals surface area contributed by atoms with Gasteiger partial charge in [0.05, 0.1) is 16.3 Å². The molecule has 0 atom stereocenters. The van der Waals surface area contributed by atoms with Crippen LogP contribution < -0.4 is 9.03 Å². The van der Waals surface area contributed by atoms with Crippen LogP contribution in [0, 0.1) is 6.92 Å². The number of carbonyl (C=O) groups excluding carboxylic acids is 1. The molecule has 148 valence electrons. The molecular formula is C15H24ClN3O5S2. The average molecular weight is 426 g/mol. The molecule has 1 aliphatic heterocycles. The smallest absolute Gasteiger partial charge is 0.242 e. The minimum absolute atomic E-state index is 0. The number of hydrogen-bond donors (Lipinski definition) is 1. The SMILES string of the molecule is Cc1cc(N2C(=O)CCS2(=O)=O)ccc1S(=O)(=O)NCCCN(C)C.Cl.